The van der Waals surface area contributed by atoms with Crippen molar-refractivity contribution in [2.24, 2.45) is 0 Å². The van der Waals surface area contributed by atoms with Crippen LogP contribution in [0.2, 0.25) is 0 Å². The lowest BCUT2D eigenvalue weighted by atomic mass is 10.2. The highest BCUT2D eigenvalue weighted by molar-refractivity contribution is 14.1. The van der Waals surface area contributed by atoms with Crippen LogP contribution in [0.3, 0.4) is 0 Å². The summed E-state index contributed by atoms with van der Waals surface area (Å²) in [6.45, 7) is 1.17. The van der Waals surface area contributed by atoms with Crippen molar-refractivity contribution < 1.29 is 22.6 Å². The van der Waals surface area contributed by atoms with Crippen LogP contribution in [0, 0.1) is 10.7 Å². The van der Waals surface area contributed by atoms with Gasteiger partial charge in [0, 0.05) is 20.6 Å². The van der Waals surface area contributed by atoms with Gasteiger partial charge in [-0.3, -0.25) is 14.1 Å². The molecule has 0 aliphatic carbocycles. The van der Waals surface area contributed by atoms with E-state index in [1.54, 1.807) is 6.07 Å². The third-order valence-corrected chi connectivity index (χ3v) is 5.84. The lowest BCUT2D eigenvalue weighted by Crippen LogP contribution is -2.30. The van der Waals surface area contributed by atoms with Crippen molar-refractivity contribution in [3.8, 4) is 0 Å². The van der Waals surface area contributed by atoms with Gasteiger partial charge < -0.3 is 10.6 Å². The Hall–Kier alpha value is 0.260. The molecule has 0 unspecified atom stereocenters. The number of amides is 2. The molecule has 22 heavy (non-hydrogen) atoms. The first-order chi connectivity index (χ1) is 10.0. The molecule has 0 aliphatic rings. The average molecular weight is 664 g/mol. The molecule has 2 amide bonds. The number of anilines is 1. The maximum Gasteiger partial charge on any atom is 0.266 e. The van der Waals surface area contributed by atoms with Gasteiger partial charge in [0.1, 0.15) is 0 Å². The average Bonchev–Trinajstić information content (AvgIpc) is 2.32. The molecule has 0 aromatic heterocycles. The quantitative estimate of drug-likeness (QED) is 0.330. The summed E-state index contributed by atoms with van der Waals surface area (Å²) in [6.07, 6.45) is 0. The molecule has 0 bridgehead atoms. The first kappa shape index (κ1) is 20.3. The van der Waals surface area contributed by atoms with Crippen LogP contribution in [0.4, 0.5) is 5.69 Å². The van der Waals surface area contributed by atoms with Crippen molar-refractivity contribution in [1.82, 2.24) is 5.32 Å². The molecule has 0 radical (unpaired) electrons. The van der Waals surface area contributed by atoms with Gasteiger partial charge in [0.25, 0.3) is 16.0 Å². The topological polar surface area (TPSA) is 113 Å². The number of benzene rings is 1. The predicted molar refractivity (Wildman–Crippen MR) is 108 cm³/mol. The van der Waals surface area contributed by atoms with Gasteiger partial charge in [-0.05, 0) is 73.8 Å². The largest absolute Gasteiger partial charge is 0.351 e. The molecule has 1 aromatic carbocycles. The van der Waals surface area contributed by atoms with Gasteiger partial charge in [-0.2, -0.15) is 8.42 Å². The Morgan fingerprint density at radius 3 is 2.32 bits per heavy atom. The summed E-state index contributed by atoms with van der Waals surface area (Å²) in [5.74, 6) is -1.29. The normalized spacial score (nSPS) is 11.1. The van der Waals surface area contributed by atoms with Crippen molar-refractivity contribution in [3.05, 3.63) is 22.3 Å². The molecule has 1 aromatic rings. The van der Waals surface area contributed by atoms with Crippen molar-refractivity contribution in [1.29, 1.82) is 0 Å². The van der Waals surface area contributed by atoms with Gasteiger partial charge in [0.15, 0.2) is 0 Å². The number of carbonyl (C=O) groups is 2. The second kappa shape index (κ2) is 8.39. The number of halogens is 3. The number of carbonyl (C=O) groups excluding carboxylic acids is 2. The van der Waals surface area contributed by atoms with Crippen LogP contribution >= 0.6 is 67.8 Å². The van der Waals surface area contributed by atoms with Crippen LogP contribution in [0.5, 0.6) is 0 Å². The molecule has 0 saturated heterocycles. The van der Waals surface area contributed by atoms with Crippen LogP contribution in [0.1, 0.15) is 17.3 Å². The van der Waals surface area contributed by atoms with E-state index in [-0.39, 0.29) is 12.5 Å². The lowest BCUT2D eigenvalue weighted by Gasteiger charge is -2.14. The lowest BCUT2D eigenvalue weighted by molar-refractivity contribution is -0.114. The van der Waals surface area contributed by atoms with E-state index in [9.17, 15) is 18.0 Å². The van der Waals surface area contributed by atoms with Crippen LogP contribution < -0.4 is 10.6 Å². The molecule has 0 fully saturated rings. The van der Waals surface area contributed by atoms with Crippen molar-refractivity contribution >= 4 is 95.4 Å². The number of rotatable bonds is 5. The van der Waals surface area contributed by atoms with Crippen LogP contribution in [0.15, 0.2) is 6.07 Å². The van der Waals surface area contributed by atoms with E-state index < -0.39 is 21.8 Å². The maximum absolute atomic E-state index is 12.2. The van der Waals surface area contributed by atoms with E-state index in [2.05, 4.69) is 33.2 Å². The summed E-state index contributed by atoms with van der Waals surface area (Å²) in [4.78, 5) is 23.5. The third-order valence-electron chi connectivity index (χ3n) is 2.34. The first-order valence-corrected chi connectivity index (χ1v) is 10.6. The minimum Gasteiger partial charge on any atom is -0.351 e. The van der Waals surface area contributed by atoms with E-state index in [0.29, 0.717) is 18.4 Å². The Morgan fingerprint density at radius 1 is 1.23 bits per heavy atom. The monoisotopic (exact) mass is 664 g/mol. The smallest absolute Gasteiger partial charge is 0.266 e. The Labute approximate surface area is 168 Å². The highest BCUT2D eigenvalue weighted by Gasteiger charge is 2.20. The van der Waals surface area contributed by atoms with E-state index in [1.165, 1.54) is 6.92 Å². The SMILES string of the molecule is CC(=O)Nc1c(I)cc(I)c(C(=O)NCCS(=O)(=O)O)c1I. The zero-order chi connectivity index (χ0) is 17.1. The summed E-state index contributed by atoms with van der Waals surface area (Å²) in [5, 5.41) is 5.11. The summed E-state index contributed by atoms with van der Waals surface area (Å²) < 4.78 is 32.0. The number of hydrogen-bond acceptors (Lipinski definition) is 4. The summed E-state index contributed by atoms with van der Waals surface area (Å²) >= 11 is 6.01. The highest BCUT2D eigenvalue weighted by Crippen LogP contribution is 2.31. The van der Waals surface area contributed by atoms with E-state index in [1.807, 2.05) is 45.2 Å². The molecule has 0 saturated carbocycles. The van der Waals surface area contributed by atoms with Crippen molar-refractivity contribution in [3.63, 3.8) is 0 Å². The fraction of sp³-hybridized carbons (Fsp3) is 0.273. The molecular formula is C11H11I3N2O5S. The maximum atomic E-state index is 12.2. The van der Waals surface area contributed by atoms with E-state index >= 15 is 0 Å². The molecule has 0 spiro atoms. The molecule has 0 atom stereocenters. The molecule has 7 nitrogen and oxygen atoms in total. The first-order valence-electron chi connectivity index (χ1n) is 5.71. The number of hydrogen-bond donors (Lipinski definition) is 3. The fourth-order valence-electron chi connectivity index (χ4n) is 1.47. The minimum atomic E-state index is -4.13. The highest BCUT2D eigenvalue weighted by atomic mass is 127. The van der Waals surface area contributed by atoms with Gasteiger partial charge >= 0.3 is 0 Å². The molecule has 1 rings (SSSR count). The molecule has 0 aliphatic heterocycles. The third kappa shape index (κ3) is 6.04. The van der Waals surface area contributed by atoms with Gasteiger partial charge in [-0.25, -0.2) is 0 Å². The summed E-state index contributed by atoms with van der Waals surface area (Å²) in [6, 6.07) is 1.74. The molecule has 0 heterocycles. The second-order valence-corrected chi connectivity index (χ2v) is 9.10. The summed E-state index contributed by atoms with van der Waals surface area (Å²) in [7, 11) is -4.13. The Kier molecular flexibility index (Phi) is 7.74. The zero-order valence-corrected chi connectivity index (χ0v) is 18.4. The Balaban J connectivity index is 3.08. The molecule has 3 N–H and O–H groups in total. The summed E-state index contributed by atoms with van der Waals surface area (Å²) in [5.41, 5.74) is 0.884. The van der Waals surface area contributed by atoms with Gasteiger partial charge in [-0.1, -0.05) is 0 Å². The second-order valence-electron chi connectivity index (χ2n) is 4.13. The molecule has 122 valence electrons. The number of nitrogens with one attached hydrogen (secondary N) is 2. The predicted octanol–water partition coefficient (Wildman–Crippen LogP) is 2.08. The van der Waals surface area contributed by atoms with Gasteiger partial charge in [-0.15, -0.1) is 0 Å². The van der Waals surface area contributed by atoms with Crippen molar-refractivity contribution in [2.45, 2.75) is 6.92 Å². The molecular weight excluding hydrogens is 653 g/mol. The standard InChI is InChI=1S/C11H11I3N2O5S/c1-5(17)16-10-7(13)4-6(12)8(9(10)14)11(18)15-2-3-22(19,20)21/h4H,2-3H2,1H3,(H,15,18)(H,16,17)(H,19,20,21). The Bertz CT molecular complexity index is 721. The molecule has 11 heteroatoms. The zero-order valence-electron chi connectivity index (χ0n) is 11.1. The van der Waals surface area contributed by atoms with Gasteiger partial charge in [0.2, 0.25) is 5.91 Å². The van der Waals surface area contributed by atoms with Crippen LogP contribution in [0.25, 0.3) is 0 Å². The fourth-order valence-corrected chi connectivity index (χ4v) is 5.96. The van der Waals surface area contributed by atoms with Gasteiger partial charge in [0.05, 0.1) is 20.6 Å². The van der Waals surface area contributed by atoms with Crippen LogP contribution in [-0.2, 0) is 14.9 Å². The van der Waals surface area contributed by atoms with Crippen LogP contribution in [-0.4, -0.2) is 37.1 Å². The Morgan fingerprint density at radius 2 is 1.82 bits per heavy atom. The van der Waals surface area contributed by atoms with Crippen molar-refractivity contribution in [2.75, 3.05) is 17.6 Å². The minimum absolute atomic E-state index is 0.203. The van der Waals surface area contributed by atoms with E-state index in [0.717, 1.165) is 3.57 Å². The van der Waals surface area contributed by atoms with E-state index in [4.69, 9.17) is 4.55 Å².